The number of ether oxygens (including phenoxy) is 3. The van der Waals surface area contributed by atoms with Crippen LogP contribution in [0.3, 0.4) is 0 Å². The van der Waals surface area contributed by atoms with Gasteiger partial charge in [-0.3, -0.25) is 14.5 Å². The van der Waals surface area contributed by atoms with Crippen LogP contribution in [0.5, 0.6) is 5.75 Å². The van der Waals surface area contributed by atoms with Gasteiger partial charge < -0.3 is 34.2 Å². The second-order valence-electron chi connectivity index (χ2n) is 12.7. The van der Waals surface area contributed by atoms with E-state index in [1.807, 2.05) is 16.7 Å². The van der Waals surface area contributed by atoms with Crippen LogP contribution in [0.1, 0.15) is 45.6 Å². The highest BCUT2D eigenvalue weighted by atomic mass is 32.2. The van der Waals surface area contributed by atoms with Gasteiger partial charge in [-0.05, 0) is 49.8 Å². The van der Waals surface area contributed by atoms with Crippen molar-refractivity contribution in [3.63, 3.8) is 0 Å². The van der Waals surface area contributed by atoms with E-state index in [2.05, 4.69) is 13.8 Å². The Balaban J connectivity index is 1.77. The molecule has 2 N–H and O–H groups in total. The van der Waals surface area contributed by atoms with Crippen LogP contribution in [-0.4, -0.2) is 154 Å². The predicted octanol–water partition coefficient (Wildman–Crippen LogP) is 0.949. The molecule has 2 fully saturated rings. The molecule has 13 nitrogen and oxygen atoms in total. The largest absolute Gasteiger partial charge is 0.495 e. The molecule has 14 heteroatoms. The maximum Gasteiger partial charge on any atom is 0.246 e. The number of amides is 2. The summed E-state index contributed by atoms with van der Waals surface area (Å²) in [5.41, 5.74) is 0.818. The van der Waals surface area contributed by atoms with Crippen molar-refractivity contribution in [2.24, 2.45) is 5.92 Å². The third-order valence-electron chi connectivity index (χ3n) is 8.71. The molecule has 2 heterocycles. The molecule has 3 rings (SSSR count). The van der Waals surface area contributed by atoms with E-state index < -0.39 is 28.3 Å². The van der Waals surface area contributed by atoms with Gasteiger partial charge in [-0.25, -0.2) is 8.42 Å². The minimum atomic E-state index is -3.79. The van der Waals surface area contributed by atoms with Gasteiger partial charge in [0.2, 0.25) is 21.8 Å². The number of carbonyl (C=O) groups is 2. The number of aryl methyl sites for hydroxylation is 1. The van der Waals surface area contributed by atoms with Gasteiger partial charge in [-0.15, -0.1) is 0 Å². The second-order valence-corrected chi connectivity index (χ2v) is 14.6. The summed E-state index contributed by atoms with van der Waals surface area (Å²) >= 11 is 0. The smallest absolute Gasteiger partial charge is 0.246 e. The molecule has 0 unspecified atom stereocenters. The van der Waals surface area contributed by atoms with Crippen molar-refractivity contribution in [1.29, 1.82) is 0 Å². The average molecular weight is 671 g/mol. The topological polar surface area (TPSA) is 149 Å². The lowest BCUT2D eigenvalue weighted by Crippen LogP contribution is -2.56. The van der Waals surface area contributed by atoms with E-state index in [4.69, 9.17) is 14.2 Å². The second kappa shape index (κ2) is 17.7. The molecule has 2 amide bonds. The van der Waals surface area contributed by atoms with Crippen molar-refractivity contribution in [1.82, 2.24) is 19.0 Å². The Kier molecular flexibility index (Phi) is 14.7. The third kappa shape index (κ3) is 10.3. The molecular weight excluding hydrogens is 616 g/mol. The number of aliphatic hydroxyl groups is 2. The predicted molar refractivity (Wildman–Crippen MR) is 173 cm³/mol. The van der Waals surface area contributed by atoms with Gasteiger partial charge in [0.1, 0.15) is 29.0 Å². The summed E-state index contributed by atoms with van der Waals surface area (Å²) in [6, 6.07) is 4.79. The summed E-state index contributed by atoms with van der Waals surface area (Å²) in [7, 11) is -0.911. The molecule has 4 atom stereocenters. The molecule has 262 valence electrons. The molecule has 2 aliphatic rings. The first-order chi connectivity index (χ1) is 21.8. The molecule has 0 radical (unpaired) electrons. The van der Waals surface area contributed by atoms with Gasteiger partial charge >= 0.3 is 0 Å². The monoisotopic (exact) mass is 670 g/mol. The zero-order valence-corrected chi connectivity index (χ0v) is 29.1. The van der Waals surface area contributed by atoms with E-state index in [-0.39, 0.29) is 68.0 Å². The van der Waals surface area contributed by atoms with Crippen LogP contribution in [0.4, 0.5) is 0 Å². The molecule has 0 aromatic heterocycles. The number of hydrogen-bond donors (Lipinski definition) is 2. The van der Waals surface area contributed by atoms with Gasteiger partial charge in [0, 0.05) is 72.5 Å². The molecule has 1 aromatic carbocycles. The van der Waals surface area contributed by atoms with Crippen molar-refractivity contribution >= 4 is 21.8 Å². The Bertz CT molecular complexity index is 1240. The minimum absolute atomic E-state index is 0.0445. The molecule has 0 saturated carbocycles. The molecule has 2 saturated heterocycles. The van der Waals surface area contributed by atoms with E-state index in [0.717, 1.165) is 5.56 Å². The van der Waals surface area contributed by atoms with Crippen molar-refractivity contribution in [3.05, 3.63) is 23.8 Å². The molecular formula is C32H54N4O9S. The van der Waals surface area contributed by atoms with E-state index in [0.29, 0.717) is 51.3 Å². The average Bonchev–Trinajstić information content (AvgIpc) is 3.01. The first-order valence-electron chi connectivity index (χ1n) is 16.2. The first kappa shape index (κ1) is 38.1. The Hall–Kier alpha value is -2.33. The Labute approximate surface area is 274 Å². The third-order valence-corrected chi connectivity index (χ3v) is 10.6. The maximum atomic E-state index is 14.0. The highest BCUT2D eigenvalue weighted by molar-refractivity contribution is 7.89. The van der Waals surface area contributed by atoms with Crippen LogP contribution < -0.4 is 4.74 Å². The zero-order valence-electron chi connectivity index (χ0n) is 28.3. The first-order valence-corrected chi connectivity index (χ1v) is 17.6. The maximum absolute atomic E-state index is 14.0. The number of rotatable bonds is 8. The summed E-state index contributed by atoms with van der Waals surface area (Å²) in [5.74, 6) is 0.219. The summed E-state index contributed by atoms with van der Waals surface area (Å²) in [6.07, 6.45) is -1.32. The van der Waals surface area contributed by atoms with E-state index in [9.17, 15) is 28.2 Å². The van der Waals surface area contributed by atoms with Crippen LogP contribution in [0.2, 0.25) is 0 Å². The fourth-order valence-corrected chi connectivity index (χ4v) is 7.71. The van der Waals surface area contributed by atoms with E-state index in [1.54, 1.807) is 23.1 Å². The highest BCUT2D eigenvalue weighted by Crippen LogP contribution is 2.28. The molecule has 0 spiro atoms. The summed E-state index contributed by atoms with van der Waals surface area (Å²) < 4.78 is 44.9. The lowest BCUT2D eigenvalue weighted by atomic mass is 10.00. The van der Waals surface area contributed by atoms with Gasteiger partial charge in [-0.2, -0.15) is 4.31 Å². The van der Waals surface area contributed by atoms with Crippen LogP contribution >= 0.6 is 0 Å². The van der Waals surface area contributed by atoms with E-state index in [1.165, 1.54) is 25.4 Å². The van der Waals surface area contributed by atoms with Crippen LogP contribution in [0.15, 0.2) is 23.1 Å². The Morgan fingerprint density at radius 2 is 1.74 bits per heavy atom. The SMILES string of the molecule is COc1ccc(C)cc1S(=O)(=O)N1CCN(CC(=O)N2CCCCOC[C@@H](O)[C@@H](O)[C@H](OC)CN(C(C)=O)C[C@@H]2CC(C)C)CC1. The van der Waals surface area contributed by atoms with Crippen molar-refractivity contribution in [3.8, 4) is 5.75 Å². The fourth-order valence-electron chi connectivity index (χ4n) is 6.05. The quantitative estimate of drug-likeness (QED) is 0.410. The minimum Gasteiger partial charge on any atom is -0.495 e. The zero-order chi connectivity index (χ0) is 34.0. The standard InChI is InChI=1S/C32H54N4O9S/c1-23(2)17-26-19-34(25(4)37)20-29(44-6)32(40)27(38)22-45-16-8-7-11-36(26)31(39)21-33-12-14-35(15-13-33)46(41,42)30-18-24(3)9-10-28(30)43-5/h9-10,18,23,26-27,29,32,38,40H,7-8,11-17,19-22H2,1-6H3/t26-,27+,29+,32+/m0/s1. The number of carbonyl (C=O) groups excluding carboxylic acids is 2. The van der Waals surface area contributed by atoms with E-state index >= 15 is 0 Å². The van der Waals surface area contributed by atoms with Gasteiger partial charge in [0.15, 0.2) is 0 Å². The number of piperazine rings is 1. The van der Waals surface area contributed by atoms with Crippen LogP contribution in [-0.2, 0) is 29.1 Å². The summed E-state index contributed by atoms with van der Waals surface area (Å²) in [4.78, 5) is 32.4. The lowest BCUT2D eigenvalue weighted by Gasteiger charge is -2.40. The number of methoxy groups -OCH3 is 2. The lowest BCUT2D eigenvalue weighted by molar-refractivity contribution is -0.143. The molecule has 2 aliphatic heterocycles. The molecule has 0 bridgehead atoms. The molecule has 1 aromatic rings. The molecule has 46 heavy (non-hydrogen) atoms. The highest BCUT2D eigenvalue weighted by Gasteiger charge is 2.35. The van der Waals surface area contributed by atoms with Crippen molar-refractivity contribution in [2.45, 2.75) is 76.2 Å². The van der Waals surface area contributed by atoms with Crippen molar-refractivity contribution < 1.29 is 42.4 Å². The Morgan fingerprint density at radius 3 is 2.35 bits per heavy atom. The Morgan fingerprint density at radius 1 is 1.04 bits per heavy atom. The van der Waals surface area contributed by atoms with Crippen molar-refractivity contribution in [2.75, 3.05) is 79.8 Å². The van der Waals surface area contributed by atoms with Crippen LogP contribution in [0.25, 0.3) is 0 Å². The summed E-state index contributed by atoms with van der Waals surface area (Å²) in [6.45, 7) is 9.86. The van der Waals surface area contributed by atoms with Gasteiger partial charge in [0.25, 0.3) is 0 Å². The van der Waals surface area contributed by atoms with Gasteiger partial charge in [-0.1, -0.05) is 19.9 Å². The van der Waals surface area contributed by atoms with Crippen LogP contribution in [0, 0.1) is 12.8 Å². The number of nitrogens with zero attached hydrogens (tertiary/aromatic N) is 4. The normalized spacial score (nSPS) is 25.3. The molecule has 0 aliphatic carbocycles. The summed E-state index contributed by atoms with van der Waals surface area (Å²) in [5, 5.41) is 21.2. The number of hydrogen-bond acceptors (Lipinski definition) is 10. The number of aliphatic hydroxyl groups excluding tert-OH is 2. The number of benzene rings is 1. The number of sulfonamides is 1. The van der Waals surface area contributed by atoms with Gasteiger partial charge in [0.05, 0.1) is 20.3 Å². The fraction of sp³-hybridized carbons (Fsp3) is 0.750.